The van der Waals surface area contributed by atoms with Crippen molar-refractivity contribution in [2.24, 2.45) is 7.05 Å². The molecule has 1 heterocycles. The van der Waals surface area contributed by atoms with Crippen molar-refractivity contribution in [2.45, 2.75) is 31.7 Å². The molecule has 0 fully saturated rings. The van der Waals surface area contributed by atoms with Crippen LogP contribution in [0.25, 0.3) is 0 Å². The van der Waals surface area contributed by atoms with Gasteiger partial charge >= 0.3 is 5.97 Å². The van der Waals surface area contributed by atoms with Crippen LogP contribution >= 0.6 is 0 Å². The van der Waals surface area contributed by atoms with Crippen LogP contribution in [0.4, 0.5) is 0 Å². The van der Waals surface area contributed by atoms with E-state index in [0.29, 0.717) is 11.4 Å². The molecular weight excluding hydrogens is 258 g/mol. The number of hydrogen-bond donors (Lipinski definition) is 1. The minimum Gasteiger partial charge on any atom is -0.468 e. The molecule has 8 heteroatoms. The summed E-state index contributed by atoms with van der Waals surface area (Å²) in [4.78, 5) is 11.3. The van der Waals surface area contributed by atoms with Crippen molar-refractivity contribution in [1.29, 1.82) is 0 Å². The third-order valence-corrected chi connectivity index (χ3v) is 4.39. The van der Waals surface area contributed by atoms with E-state index in [9.17, 15) is 13.2 Å². The molecule has 0 aliphatic heterocycles. The van der Waals surface area contributed by atoms with E-state index in [1.54, 1.807) is 20.9 Å². The molecule has 1 atom stereocenters. The van der Waals surface area contributed by atoms with Crippen LogP contribution in [0.15, 0.2) is 4.90 Å². The minimum atomic E-state index is -3.79. The lowest BCUT2D eigenvalue weighted by Crippen LogP contribution is -2.39. The second kappa shape index (κ2) is 5.07. The van der Waals surface area contributed by atoms with Crippen molar-refractivity contribution in [2.75, 3.05) is 7.11 Å². The highest BCUT2D eigenvalue weighted by atomic mass is 32.2. The second-order valence-electron chi connectivity index (χ2n) is 3.99. The smallest absolute Gasteiger partial charge is 0.323 e. The van der Waals surface area contributed by atoms with Crippen molar-refractivity contribution >= 4 is 16.0 Å². The lowest BCUT2D eigenvalue weighted by atomic mass is 10.4. The summed E-state index contributed by atoms with van der Waals surface area (Å²) in [5.41, 5.74) is 0.900. The first kappa shape index (κ1) is 14.7. The van der Waals surface area contributed by atoms with Gasteiger partial charge in [0.15, 0.2) is 0 Å². The molecule has 1 N–H and O–H groups in total. The zero-order chi connectivity index (χ0) is 14.1. The number of sulfonamides is 1. The van der Waals surface area contributed by atoms with Gasteiger partial charge in [-0.15, -0.1) is 0 Å². The molecular formula is C10H17N3O4S. The maximum atomic E-state index is 12.1. The van der Waals surface area contributed by atoms with E-state index in [0.717, 1.165) is 0 Å². The molecule has 1 rings (SSSR count). The van der Waals surface area contributed by atoms with E-state index in [4.69, 9.17) is 0 Å². The summed E-state index contributed by atoms with van der Waals surface area (Å²) in [6, 6.07) is -0.945. The van der Waals surface area contributed by atoms with Gasteiger partial charge in [0.1, 0.15) is 10.9 Å². The van der Waals surface area contributed by atoms with Gasteiger partial charge in [-0.2, -0.15) is 9.82 Å². The van der Waals surface area contributed by atoms with Crippen LogP contribution in [-0.4, -0.2) is 37.3 Å². The van der Waals surface area contributed by atoms with Gasteiger partial charge in [-0.05, 0) is 20.8 Å². The first-order valence-corrected chi connectivity index (χ1v) is 6.79. The van der Waals surface area contributed by atoms with Crippen LogP contribution in [0.2, 0.25) is 0 Å². The number of nitrogens with zero attached hydrogens (tertiary/aromatic N) is 2. The van der Waals surface area contributed by atoms with Crippen LogP contribution in [0.5, 0.6) is 0 Å². The molecule has 0 amide bonds. The van der Waals surface area contributed by atoms with E-state index >= 15 is 0 Å². The Morgan fingerprint density at radius 3 is 2.39 bits per heavy atom. The molecule has 18 heavy (non-hydrogen) atoms. The number of carbonyl (C=O) groups is 1. The fourth-order valence-electron chi connectivity index (χ4n) is 1.66. The number of aromatic nitrogens is 2. The van der Waals surface area contributed by atoms with Gasteiger partial charge in [-0.3, -0.25) is 9.48 Å². The average Bonchev–Trinajstić information content (AvgIpc) is 2.51. The topological polar surface area (TPSA) is 90.3 Å². The number of methoxy groups -OCH3 is 1. The van der Waals surface area contributed by atoms with Crippen LogP contribution in [0.1, 0.15) is 18.3 Å². The SMILES string of the molecule is COC(=O)C(C)NS(=O)(=O)c1c(C)nn(C)c1C. The Kier molecular flexibility index (Phi) is 4.12. The molecule has 0 aromatic carbocycles. The summed E-state index contributed by atoms with van der Waals surface area (Å²) < 4.78 is 32.5. The van der Waals surface area contributed by atoms with Crippen molar-refractivity contribution in [3.63, 3.8) is 0 Å². The normalized spacial score (nSPS) is 13.4. The number of nitrogens with one attached hydrogen (secondary N) is 1. The van der Waals surface area contributed by atoms with Crippen molar-refractivity contribution in [3.8, 4) is 0 Å². The first-order valence-electron chi connectivity index (χ1n) is 5.31. The van der Waals surface area contributed by atoms with Gasteiger partial charge in [0, 0.05) is 7.05 Å². The van der Waals surface area contributed by atoms with E-state index in [1.807, 2.05) is 0 Å². The molecule has 102 valence electrons. The molecule has 0 radical (unpaired) electrons. The van der Waals surface area contributed by atoms with Crippen molar-refractivity contribution < 1.29 is 17.9 Å². The average molecular weight is 275 g/mol. The molecule has 0 bridgehead atoms. The maximum Gasteiger partial charge on any atom is 0.323 e. The molecule has 0 saturated heterocycles. The molecule has 0 aliphatic rings. The fourth-order valence-corrected chi connectivity index (χ4v) is 3.29. The van der Waals surface area contributed by atoms with Gasteiger partial charge in [-0.1, -0.05) is 0 Å². The summed E-state index contributed by atoms with van der Waals surface area (Å²) in [5, 5.41) is 4.03. The lowest BCUT2D eigenvalue weighted by Gasteiger charge is -2.12. The fraction of sp³-hybridized carbons (Fsp3) is 0.600. The number of aryl methyl sites for hydroxylation is 2. The molecule has 7 nitrogen and oxygen atoms in total. The largest absolute Gasteiger partial charge is 0.468 e. The number of hydrogen-bond acceptors (Lipinski definition) is 5. The lowest BCUT2D eigenvalue weighted by molar-refractivity contribution is -0.142. The van der Waals surface area contributed by atoms with Gasteiger partial charge < -0.3 is 4.74 Å². The third-order valence-electron chi connectivity index (χ3n) is 2.60. The van der Waals surface area contributed by atoms with Crippen LogP contribution < -0.4 is 4.72 Å². The number of carbonyl (C=O) groups excluding carboxylic acids is 1. The Labute approximate surface area is 106 Å². The Morgan fingerprint density at radius 2 is 2.00 bits per heavy atom. The van der Waals surface area contributed by atoms with E-state index in [-0.39, 0.29) is 4.90 Å². The molecule has 0 aliphatic carbocycles. The molecule has 1 unspecified atom stereocenters. The number of ether oxygens (including phenoxy) is 1. The summed E-state index contributed by atoms with van der Waals surface area (Å²) in [6.07, 6.45) is 0. The third kappa shape index (κ3) is 2.70. The minimum absolute atomic E-state index is 0.0979. The molecule has 0 spiro atoms. The summed E-state index contributed by atoms with van der Waals surface area (Å²) in [7, 11) is -0.929. The van der Waals surface area contributed by atoms with Gasteiger partial charge in [-0.25, -0.2) is 8.42 Å². The van der Waals surface area contributed by atoms with E-state index in [1.165, 1.54) is 18.7 Å². The summed E-state index contributed by atoms with van der Waals surface area (Å²) in [6.45, 7) is 4.67. The Morgan fingerprint density at radius 1 is 1.44 bits per heavy atom. The molecule has 0 saturated carbocycles. The van der Waals surface area contributed by atoms with Crippen molar-refractivity contribution in [1.82, 2.24) is 14.5 Å². The van der Waals surface area contributed by atoms with Crippen LogP contribution in [-0.2, 0) is 26.6 Å². The van der Waals surface area contributed by atoms with Gasteiger partial charge in [0.05, 0.1) is 18.5 Å². The van der Waals surface area contributed by atoms with Gasteiger partial charge in [0.25, 0.3) is 0 Å². The molecule has 1 aromatic rings. The first-order chi connectivity index (χ1) is 8.20. The summed E-state index contributed by atoms with van der Waals surface area (Å²) >= 11 is 0. The number of esters is 1. The standard InChI is InChI=1S/C10H17N3O4S/c1-6-9(8(3)13(4)11-6)18(15,16)12-7(2)10(14)17-5/h7,12H,1-5H3. The highest BCUT2D eigenvalue weighted by Crippen LogP contribution is 2.18. The van der Waals surface area contributed by atoms with Crippen molar-refractivity contribution in [3.05, 3.63) is 11.4 Å². The van der Waals surface area contributed by atoms with Crippen LogP contribution in [0.3, 0.4) is 0 Å². The Balaban J connectivity index is 3.11. The predicted octanol–water partition coefficient (Wildman–Crippen LogP) is -0.123. The zero-order valence-electron chi connectivity index (χ0n) is 11.0. The zero-order valence-corrected chi connectivity index (χ0v) is 11.8. The van der Waals surface area contributed by atoms with Crippen LogP contribution in [0, 0.1) is 13.8 Å². The predicted molar refractivity (Wildman–Crippen MR) is 64.5 cm³/mol. The molecule has 1 aromatic heterocycles. The summed E-state index contributed by atoms with van der Waals surface area (Å²) in [5.74, 6) is -0.641. The van der Waals surface area contributed by atoms with E-state index < -0.39 is 22.0 Å². The Hall–Kier alpha value is -1.41. The van der Waals surface area contributed by atoms with E-state index in [2.05, 4.69) is 14.6 Å². The Bertz CT molecular complexity index is 562. The number of rotatable bonds is 4. The quantitative estimate of drug-likeness (QED) is 0.773. The highest BCUT2D eigenvalue weighted by molar-refractivity contribution is 7.89. The monoisotopic (exact) mass is 275 g/mol. The highest BCUT2D eigenvalue weighted by Gasteiger charge is 2.27. The maximum absolute atomic E-state index is 12.1. The second-order valence-corrected chi connectivity index (χ2v) is 5.64. The van der Waals surface area contributed by atoms with Gasteiger partial charge in [0.2, 0.25) is 10.0 Å².